The van der Waals surface area contributed by atoms with Crippen LogP contribution < -0.4 is 5.73 Å². The van der Waals surface area contributed by atoms with E-state index >= 15 is 0 Å². The van der Waals surface area contributed by atoms with Crippen LogP contribution in [0.25, 0.3) is 0 Å². The molecule has 5 nitrogen and oxygen atoms in total. The van der Waals surface area contributed by atoms with Gasteiger partial charge in [0.2, 0.25) is 5.91 Å². The molecule has 0 bridgehead atoms. The number of sulfone groups is 1. The maximum atomic E-state index is 12.2. The fourth-order valence-electron chi connectivity index (χ4n) is 1.97. The van der Waals surface area contributed by atoms with Crippen molar-refractivity contribution >= 4 is 15.7 Å². The van der Waals surface area contributed by atoms with Crippen LogP contribution in [0.5, 0.6) is 0 Å². The molecule has 0 aromatic rings. The molecule has 4 unspecified atom stereocenters. The summed E-state index contributed by atoms with van der Waals surface area (Å²) in [6, 6.07) is -0.494. The van der Waals surface area contributed by atoms with Crippen molar-refractivity contribution < 1.29 is 13.2 Å². The standard InChI is InChI=1S/C11H22N2O3S/c1-7(8(2)12)11(14)13-5-6-17(15,16)10(4)9(13)3/h7-10H,5-6,12H2,1-4H3. The lowest BCUT2D eigenvalue weighted by molar-refractivity contribution is -0.137. The van der Waals surface area contributed by atoms with Gasteiger partial charge in [-0.2, -0.15) is 0 Å². The Morgan fingerprint density at radius 1 is 1.35 bits per heavy atom. The molecule has 1 fully saturated rings. The third kappa shape index (κ3) is 2.80. The zero-order valence-corrected chi connectivity index (χ0v) is 11.7. The molecular weight excluding hydrogens is 240 g/mol. The molecule has 1 aliphatic rings. The summed E-state index contributed by atoms with van der Waals surface area (Å²) in [4.78, 5) is 13.8. The summed E-state index contributed by atoms with van der Waals surface area (Å²) in [6.45, 7) is 7.30. The minimum absolute atomic E-state index is 0.0470. The first kappa shape index (κ1) is 14.4. The van der Waals surface area contributed by atoms with Crippen LogP contribution in [0.2, 0.25) is 0 Å². The fraction of sp³-hybridized carbons (Fsp3) is 0.909. The summed E-state index contributed by atoms with van der Waals surface area (Å²) < 4.78 is 23.4. The average Bonchev–Trinajstić information content (AvgIpc) is 2.24. The maximum absolute atomic E-state index is 12.2. The van der Waals surface area contributed by atoms with E-state index in [9.17, 15) is 13.2 Å². The van der Waals surface area contributed by atoms with Gasteiger partial charge in [-0.25, -0.2) is 8.42 Å². The number of hydrogen-bond donors (Lipinski definition) is 1. The molecule has 4 atom stereocenters. The van der Waals surface area contributed by atoms with Gasteiger partial charge in [0.05, 0.1) is 16.9 Å². The van der Waals surface area contributed by atoms with Gasteiger partial charge in [0.25, 0.3) is 0 Å². The van der Waals surface area contributed by atoms with Crippen molar-refractivity contribution in [3.05, 3.63) is 0 Å². The van der Waals surface area contributed by atoms with Gasteiger partial charge >= 0.3 is 0 Å². The summed E-state index contributed by atoms with van der Waals surface area (Å²) in [5, 5.41) is -0.500. The molecule has 0 saturated carbocycles. The Balaban J connectivity index is 2.85. The van der Waals surface area contributed by atoms with Crippen LogP contribution in [0, 0.1) is 5.92 Å². The van der Waals surface area contributed by atoms with E-state index in [0.717, 1.165) is 0 Å². The van der Waals surface area contributed by atoms with Crippen LogP contribution in [-0.2, 0) is 14.6 Å². The molecule has 1 rings (SSSR count). The van der Waals surface area contributed by atoms with Gasteiger partial charge in [-0.3, -0.25) is 4.79 Å². The fourth-order valence-corrected chi connectivity index (χ4v) is 3.54. The minimum Gasteiger partial charge on any atom is -0.337 e. The third-order valence-corrected chi connectivity index (χ3v) is 6.09. The highest BCUT2D eigenvalue weighted by atomic mass is 32.2. The monoisotopic (exact) mass is 262 g/mol. The number of nitrogens with zero attached hydrogens (tertiary/aromatic N) is 1. The van der Waals surface area contributed by atoms with Crippen LogP contribution in [-0.4, -0.2) is 48.9 Å². The number of carbonyl (C=O) groups excluding carboxylic acids is 1. The summed E-state index contributed by atoms with van der Waals surface area (Å²) >= 11 is 0. The maximum Gasteiger partial charge on any atom is 0.227 e. The Kier molecular flexibility index (Phi) is 4.19. The van der Waals surface area contributed by atoms with Crippen molar-refractivity contribution in [2.75, 3.05) is 12.3 Å². The lowest BCUT2D eigenvalue weighted by atomic mass is 10.0. The average molecular weight is 262 g/mol. The van der Waals surface area contributed by atoms with E-state index in [1.165, 1.54) is 0 Å². The predicted octanol–water partition coefficient (Wildman–Crippen LogP) is 0.00370. The lowest BCUT2D eigenvalue weighted by Crippen LogP contribution is -2.56. The first-order chi connectivity index (χ1) is 7.68. The Morgan fingerprint density at radius 3 is 2.35 bits per heavy atom. The largest absolute Gasteiger partial charge is 0.337 e. The molecule has 1 aliphatic heterocycles. The van der Waals surface area contributed by atoms with Crippen molar-refractivity contribution in [1.29, 1.82) is 0 Å². The van der Waals surface area contributed by atoms with Crippen LogP contribution in [0.1, 0.15) is 27.7 Å². The number of carbonyl (C=O) groups is 1. The number of hydrogen-bond acceptors (Lipinski definition) is 4. The molecule has 6 heteroatoms. The van der Waals surface area contributed by atoms with E-state index in [-0.39, 0.29) is 36.2 Å². The van der Waals surface area contributed by atoms with Crippen LogP contribution in [0.3, 0.4) is 0 Å². The molecule has 1 saturated heterocycles. The van der Waals surface area contributed by atoms with Crippen molar-refractivity contribution in [3.63, 3.8) is 0 Å². The lowest BCUT2D eigenvalue weighted by Gasteiger charge is -2.39. The summed E-state index contributed by atoms with van der Waals surface area (Å²) in [6.07, 6.45) is 0. The third-order valence-electron chi connectivity index (χ3n) is 3.82. The Labute approximate surface area is 103 Å². The van der Waals surface area contributed by atoms with Gasteiger partial charge in [0.1, 0.15) is 0 Å². The van der Waals surface area contributed by atoms with Gasteiger partial charge < -0.3 is 10.6 Å². The number of rotatable bonds is 2. The first-order valence-corrected chi connectivity index (χ1v) is 7.67. The SMILES string of the molecule is CC(N)C(C)C(=O)N1CCS(=O)(=O)C(C)C1C. The normalized spacial score (nSPS) is 31.9. The molecular formula is C11H22N2O3S. The van der Waals surface area contributed by atoms with E-state index in [4.69, 9.17) is 5.73 Å². The van der Waals surface area contributed by atoms with Crippen LogP contribution in [0.15, 0.2) is 0 Å². The van der Waals surface area contributed by atoms with Gasteiger partial charge in [0, 0.05) is 18.6 Å². The predicted molar refractivity (Wildman–Crippen MR) is 67.2 cm³/mol. The van der Waals surface area contributed by atoms with E-state index in [1.54, 1.807) is 32.6 Å². The van der Waals surface area contributed by atoms with Crippen molar-refractivity contribution in [2.45, 2.75) is 45.0 Å². The molecule has 17 heavy (non-hydrogen) atoms. The van der Waals surface area contributed by atoms with Crippen molar-refractivity contribution in [2.24, 2.45) is 11.7 Å². The molecule has 1 amide bonds. The molecule has 0 aromatic heterocycles. The molecule has 0 aromatic carbocycles. The van der Waals surface area contributed by atoms with E-state index in [0.29, 0.717) is 0 Å². The highest BCUT2D eigenvalue weighted by Crippen LogP contribution is 2.21. The summed E-state index contributed by atoms with van der Waals surface area (Å²) in [7, 11) is -3.05. The molecule has 0 aliphatic carbocycles. The highest BCUT2D eigenvalue weighted by Gasteiger charge is 2.39. The summed E-state index contributed by atoms with van der Waals surface area (Å²) in [5.74, 6) is -0.268. The van der Waals surface area contributed by atoms with Crippen LogP contribution >= 0.6 is 0 Å². The number of nitrogens with two attached hydrogens (primary N) is 1. The quantitative estimate of drug-likeness (QED) is 0.760. The van der Waals surface area contributed by atoms with Gasteiger partial charge in [-0.05, 0) is 20.8 Å². The van der Waals surface area contributed by atoms with E-state index in [1.807, 2.05) is 0 Å². The zero-order valence-electron chi connectivity index (χ0n) is 10.9. The van der Waals surface area contributed by atoms with Gasteiger partial charge in [-0.15, -0.1) is 0 Å². The van der Waals surface area contributed by atoms with Gasteiger partial charge in [0.15, 0.2) is 9.84 Å². The molecule has 0 spiro atoms. The zero-order chi connectivity index (χ0) is 13.4. The molecule has 2 N–H and O–H groups in total. The second-order valence-corrected chi connectivity index (χ2v) is 7.47. The molecule has 100 valence electrons. The van der Waals surface area contributed by atoms with Gasteiger partial charge in [-0.1, -0.05) is 6.92 Å². The second-order valence-electron chi connectivity index (χ2n) is 4.99. The Hall–Kier alpha value is -0.620. The van der Waals surface area contributed by atoms with E-state index in [2.05, 4.69) is 0 Å². The highest BCUT2D eigenvalue weighted by molar-refractivity contribution is 7.92. The smallest absolute Gasteiger partial charge is 0.227 e. The molecule has 0 radical (unpaired) electrons. The minimum atomic E-state index is -3.05. The topological polar surface area (TPSA) is 80.5 Å². The Morgan fingerprint density at radius 2 is 1.88 bits per heavy atom. The van der Waals surface area contributed by atoms with Crippen LogP contribution in [0.4, 0.5) is 0 Å². The van der Waals surface area contributed by atoms with Crippen molar-refractivity contribution in [1.82, 2.24) is 4.90 Å². The summed E-state index contributed by atoms with van der Waals surface area (Å²) in [5.41, 5.74) is 5.71. The Bertz CT molecular complexity index is 392. The number of amides is 1. The van der Waals surface area contributed by atoms with E-state index < -0.39 is 15.1 Å². The van der Waals surface area contributed by atoms with Crippen molar-refractivity contribution in [3.8, 4) is 0 Å². The first-order valence-electron chi connectivity index (χ1n) is 5.96. The second kappa shape index (κ2) is 4.94. The molecule has 1 heterocycles.